The Bertz CT molecular complexity index is 560. The van der Waals surface area contributed by atoms with Crippen LogP contribution in [0.2, 0.25) is 0 Å². The predicted molar refractivity (Wildman–Crippen MR) is 68.9 cm³/mol. The average molecular weight is 296 g/mol. The van der Waals surface area contributed by atoms with E-state index in [0.29, 0.717) is 6.42 Å². The first-order valence-electron chi connectivity index (χ1n) is 7.51. The predicted octanol–water partition coefficient (Wildman–Crippen LogP) is 0.147. The molecule has 4 aliphatic rings. The number of cyclic esters (lactones) is 1. The van der Waals surface area contributed by atoms with Crippen molar-refractivity contribution in [2.24, 2.45) is 16.7 Å². The molecule has 0 unspecified atom stereocenters. The van der Waals surface area contributed by atoms with Crippen LogP contribution in [0.1, 0.15) is 39.5 Å². The molecular formula is C15H20O6. The number of aliphatic hydroxyl groups is 2. The lowest BCUT2D eigenvalue weighted by Gasteiger charge is -2.51. The number of carbonyl (C=O) groups excluding carboxylic acids is 2. The van der Waals surface area contributed by atoms with E-state index in [-0.39, 0.29) is 31.3 Å². The third-order valence-corrected chi connectivity index (χ3v) is 7.04. The lowest BCUT2D eigenvalue weighted by atomic mass is 9.62. The van der Waals surface area contributed by atoms with Gasteiger partial charge in [0.25, 0.3) is 0 Å². The Morgan fingerprint density at radius 3 is 2.76 bits per heavy atom. The molecule has 0 radical (unpaired) electrons. The summed E-state index contributed by atoms with van der Waals surface area (Å²) in [6, 6.07) is 0. The quantitative estimate of drug-likeness (QED) is 0.618. The fraction of sp³-hybridized carbons (Fsp3) is 0.867. The number of hydrogen-bond acceptors (Lipinski definition) is 6. The van der Waals surface area contributed by atoms with E-state index in [2.05, 4.69) is 6.92 Å². The Morgan fingerprint density at radius 1 is 1.33 bits per heavy atom. The summed E-state index contributed by atoms with van der Waals surface area (Å²) in [6.07, 6.45) is 0.415. The maximum Gasteiger partial charge on any atom is 0.338 e. The van der Waals surface area contributed by atoms with E-state index >= 15 is 0 Å². The van der Waals surface area contributed by atoms with Crippen LogP contribution in [-0.4, -0.2) is 46.1 Å². The van der Waals surface area contributed by atoms with E-state index in [9.17, 15) is 19.8 Å². The molecule has 21 heavy (non-hydrogen) atoms. The molecule has 2 saturated carbocycles. The first kappa shape index (κ1) is 13.5. The summed E-state index contributed by atoms with van der Waals surface area (Å²) >= 11 is 0. The Hall–Kier alpha value is -1.14. The molecule has 0 aromatic carbocycles. The molecule has 0 spiro atoms. The van der Waals surface area contributed by atoms with Crippen LogP contribution in [0.3, 0.4) is 0 Å². The zero-order valence-corrected chi connectivity index (χ0v) is 12.2. The van der Waals surface area contributed by atoms with E-state index in [0.717, 1.165) is 6.42 Å². The highest BCUT2D eigenvalue weighted by molar-refractivity contribution is 5.80. The number of fused-ring (bicyclic) bond motifs is 1. The van der Waals surface area contributed by atoms with Crippen LogP contribution in [0.25, 0.3) is 0 Å². The summed E-state index contributed by atoms with van der Waals surface area (Å²) in [5, 5.41) is 21.4. The lowest BCUT2D eigenvalue weighted by Crippen LogP contribution is -2.67. The van der Waals surface area contributed by atoms with Crippen LogP contribution in [0.15, 0.2) is 0 Å². The summed E-state index contributed by atoms with van der Waals surface area (Å²) in [5.41, 5.74) is -3.92. The molecular weight excluding hydrogens is 276 g/mol. The van der Waals surface area contributed by atoms with Crippen LogP contribution in [0.5, 0.6) is 0 Å². The Morgan fingerprint density at radius 2 is 2.05 bits per heavy atom. The second kappa shape index (κ2) is 3.43. The number of hydrogen-bond donors (Lipinski definition) is 2. The van der Waals surface area contributed by atoms with Gasteiger partial charge in [-0.15, -0.1) is 0 Å². The average Bonchev–Trinajstić information content (AvgIpc) is 2.90. The van der Waals surface area contributed by atoms with Gasteiger partial charge in [-0.05, 0) is 32.1 Å². The van der Waals surface area contributed by atoms with Crippen molar-refractivity contribution >= 4 is 11.9 Å². The Balaban J connectivity index is 1.94. The fourth-order valence-electron chi connectivity index (χ4n) is 5.77. The summed E-state index contributed by atoms with van der Waals surface area (Å²) in [5.74, 6) is -0.853. The number of aliphatic hydroxyl groups excluding tert-OH is 1. The molecule has 0 bridgehead atoms. The van der Waals surface area contributed by atoms with E-state index < -0.39 is 34.1 Å². The maximum absolute atomic E-state index is 12.0. The maximum atomic E-state index is 12.0. The number of ether oxygens (including phenoxy) is 2. The van der Waals surface area contributed by atoms with Gasteiger partial charge in [-0.1, -0.05) is 6.92 Å². The molecule has 2 aliphatic carbocycles. The third-order valence-electron chi connectivity index (χ3n) is 7.04. The topological polar surface area (TPSA) is 93.1 Å². The standard InChI is InChI=1S/C15H20O6/c1-8-3-4-15-12(2)7-20-11(18)10(17)14(12,19)6-13(8,15)5-9(16)21-15/h8,10,17,19H,3-7H2,1-2H3/t8-,10-,12-,13+,14+,15-/m1/s1. The minimum absolute atomic E-state index is 0.0266. The zero-order chi connectivity index (χ0) is 15.3. The third kappa shape index (κ3) is 1.10. The second-order valence-corrected chi connectivity index (χ2v) is 7.52. The van der Waals surface area contributed by atoms with Crippen molar-refractivity contribution in [1.29, 1.82) is 0 Å². The first-order valence-corrected chi connectivity index (χ1v) is 7.51. The molecule has 2 heterocycles. The summed E-state index contributed by atoms with van der Waals surface area (Å²) in [6.45, 7) is 3.81. The summed E-state index contributed by atoms with van der Waals surface area (Å²) in [4.78, 5) is 23.7. The van der Waals surface area contributed by atoms with Crippen molar-refractivity contribution in [1.82, 2.24) is 0 Å². The number of esters is 2. The molecule has 4 rings (SSSR count). The molecule has 0 aromatic rings. The van der Waals surface area contributed by atoms with Gasteiger partial charge < -0.3 is 19.7 Å². The summed E-state index contributed by atoms with van der Waals surface area (Å²) in [7, 11) is 0. The lowest BCUT2D eigenvalue weighted by molar-refractivity contribution is -0.246. The molecule has 6 heteroatoms. The van der Waals surface area contributed by atoms with Crippen LogP contribution in [0, 0.1) is 16.7 Å². The second-order valence-electron chi connectivity index (χ2n) is 7.52. The first-order chi connectivity index (χ1) is 9.72. The van der Waals surface area contributed by atoms with E-state index in [1.807, 2.05) is 0 Å². The SMILES string of the molecule is C[C@@H]1CC[C@]23OC(=O)C[C@]12C[C@]1(O)[C@H](O)C(=O)OC[C@@]31C. The van der Waals surface area contributed by atoms with Gasteiger partial charge in [-0.3, -0.25) is 4.79 Å². The number of carbonyl (C=O) groups is 2. The monoisotopic (exact) mass is 296 g/mol. The van der Waals surface area contributed by atoms with Crippen molar-refractivity contribution in [3.63, 3.8) is 0 Å². The minimum atomic E-state index is -1.60. The molecule has 0 aromatic heterocycles. The number of rotatable bonds is 0. The van der Waals surface area contributed by atoms with Gasteiger partial charge in [0.2, 0.25) is 0 Å². The van der Waals surface area contributed by atoms with E-state index in [1.54, 1.807) is 6.92 Å². The fourth-order valence-corrected chi connectivity index (χ4v) is 5.77. The molecule has 2 aliphatic heterocycles. The highest BCUT2D eigenvalue weighted by Crippen LogP contribution is 2.76. The summed E-state index contributed by atoms with van der Waals surface area (Å²) < 4.78 is 10.9. The zero-order valence-electron chi connectivity index (χ0n) is 12.2. The van der Waals surface area contributed by atoms with Crippen molar-refractivity contribution in [3.05, 3.63) is 0 Å². The van der Waals surface area contributed by atoms with Crippen molar-refractivity contribution < 1.29 is 29.3 Å². The highest BCUT2D eigenvalue weighted by atomic mass is 16.6. The molecule has 0 amide bonds. The molecule has 2 saturated heterocycles. The van der Waals surface area contributed by atoms with Gasteiger partial charge in [0.05, 0.1) is 11.8 Å². The molecule has 116 valence electrons. The minimum Gasteiger partial charge on any atom is -0.463 e. The van der Waals surface area contributed by atoms with Gasteiger partial charge in [-0.2, -0.15) is 0 Å². The van der Waals surface area contributed by atoms with Gasteiger partial charge in [0.15, 0.2) is 6.10 Å². The van der Waals surface area contributed by atoms with Crippen LogP contribution in [-0.2, 0) is 19.1 Å². The Labute approximate surface area is 122 Å². The van der Waals surface area contributed by atoms with Crippen LogP contribution in [0.4, 0.5) is 0 Å². The van der Waals surface area contributed by atoms with Crippen LogP contribution >= 0.6 is 0 Å². The smallest absolute Gasteiger partial charge is 0.338 e. The normalized spacial score (nSPS) is 58.3. The largest absolute Gasteiger partial charge is 0.463 e. The van der Waals surface area contributed by atoms with Crippen molar-refractivity contribution in [2.45, 2.75) is 56.8 Å². The van der Waals surface area contributed by atoms with Gasteiger partial charge in [0, 0.05) is 5.41 Å². The highest BCUT2D eigenvalue weighted by Gasteiger charge is 2.86. The van der Waals surface area contributed by atoms with Crippen molar-refractivity contribution in [2.75, 3.05) is 6.61 Å². The van der Waals surface area contributed by atoms with Crippen molar-refractivity contribution in [3.8, 4) is 0 Å². The van der Waals surface area contributed by atoms with E-state index in [4.69, 9.17) is 9.47 Å². The molecule has 6 atom stereocenters. The molecule has 4 fully saturated rings. The van der Waals surface area contributed by atoms with Gasteiger partial charge >= 0.3 is 11.9 Å². The van der Waals surface area contributed by atoms with Gasteiger partial charge in [0.1, 0.15) is 17.8 Å². The molecule has 2 N–H and O–H groups in total. The van der Waals surface area contributed by atoms with E-state index in [1.165, 1.54) is 0 Å². The molecule has 6 nitrogen and oxygen atoms in total. The van der Waals surface area contributed by atoms with Crippen LogP contribution < -0.4 is 0 Å². The Kier molecular flexibility index (Phi) is 2.21. The van der Waals surface area contributed by atoms with Gasteiger partial charge in [-0.25, -0.2) is 4.79 Å².